The van der Waals surface area contributed by atoms with Gasteiger partial charge in [0.15, 0.2) is 0 Å². The Hall–Kier alpha value is -2.16. The van der Waals surface area contributed by atoms with Gasteiger partial charge in [0.25, 0.3) is 5.91 Å². The minimum Gasteiger partial charge on any atom is -0.345 e. The number of carbonyl (C=O) groups is 1. The van der Waals surface area contributed by atoms with Crippen LogP contribution in [0.15, 0.2) is 42.5 Å². The molecule has 3 heteroatoms. The molecule has 0 bridgehead atoms. The molecule has 1 N–H and O–H groups in total. The van der Waals surface area contributed by atoms with Gasteiger partial charge in [-0.15, -0.1) is 0 Å². The van der Waals surface area contributed by atoms with Gasteiger partial charge in [-0.05, 0) is 55.2 Å². The van der Waals surface area contributed by atoms with Crippen LogP contribution in [0.3, 0.4) is 0 Å². The normalized spacial score (nSPS) is 16.8. The monoisotopic (exact) mass is 269 g/mol. The van der Waals surface area contributed by atoms with Crippen LogP contribution in [-0.2, 0) is 6.42 Å². The zero-order chi connectivity index (χ0) is 14.1. The number of amides is 1. The number of aryl methyl sites for hydroxylation is 2. The highest BCUT2D eigenvalue weighted by Crippen LogP contribution is 2.31. The maximum absolute atomic E-state index is 12.9. The number of carbonyl (C=O) groups excluding carboxylic acids is 1. The molecule has 1 aliphatic rings. The van der Waals surface area contributed by atoms with Crippen LogP contribution in [-0.4, -0.2) is 5.91 Å². The lowest BCUT2D eigenvalue weighted by atomic mass is 10.1. The average molecular weight is 269 g/mol. The van der Waals surface area contributed by atoms with Crippen molar-refractivity contribution in [2.24, 2.45) is 0 Å². The van der Waals surface area contributed by atoms with E-state index in [1.807, 2.05) is 0 Å². The summed E-state index contributed by atoms with van der Waals surface area (Å²) in [6.07, 6.45) is 1.91. The lowest BCUT2D eigenvalue weighted by Gasteiger charge is -2.14. The smallest absolute Gasteiger partial charge is 0.251 e. The molecule has 2 aromatic rings. The zero-order valence-corrected chi connectivity index (χ0v) is 11.3. The minimum atomic E-state index is -0.330. The summed E-state index contributed by atoms with van der Waals surface area (Å²) < 4.78 is 12.9. The fourth-order valence-corrected chi connectivity index (χ4v) is 2.74. The van der Waals surface area contributed by atoms with Crippen molar-refractivity contribution in [2.75, 3.05) is 0 Å². The van der Waals surface area contributed by atoms with E-state index < -0.39 is 0 Å². The largest absolute Gasteiger partial charge is 0.345 e. The lowest BCUT2D eigenvalue weighted by molar-refractivity contribution is 0.0936. The highest BCUT2D eigenvalue weighted by Gasteiger charge is 2.24. The van der Waals surface area contributed by atoms with Gasteiger partial charge >= 0.3 is 0 Å². The first-order valence-electron chi connectivity index (χ1n) is 6.79. The van der Waals surface area contributed by atoms with Crippen LogP contribution < -0.4 is 5.32 Å². The number of benzene rings is 2. The summed E-state index contributed by atoms with van der Waals surface area (Å²) in [5.41, 5.74) is 4.25. The summed E-state index contributed by atoms with van der Waals surface area (Å²) in [7, 11) is 0. The van der Waals surface area contributed by atoms with E-state index in [1.165, 1.54) is 41.0 Å². The van der Waals surface area contributed by atoms with E-state index in [0.717, 1.165) is 12.8 Å². The van der Waals surface area contributed by atoms with Gasteiger partial charge in [0.2, 0.25) is 0 Å². The number of nitrogens with one attached hydrogen (secondary N) is 1. The molecule has 20 heavy (non-hydrogen) atoms. The number of fused-ring (bicyclic) bond motifs is 1. The van der Waals surface area contributed by atoms with Crippen LogP contribution in [0.25, 0.3) is 0 Å². The van der Waals surface area contributed by atoms with Gasteiger partial charge in [-0.25, -0.2) is 4.39 Å². The third kappa shape index (κ3) is 2.44. The molecule has 0 aromatic heterocycles. The van der Waals surface area contributed by atoms with E-state index in [2.05, 4.69) is 30.4 Å². The fourth-order valence-electron chi connectivity index (χ4n) is 2.74. The summed E-state index contributed by atoms with van der Waals surface area (Å²) >= 11 is 0. The van der Waals surface area contributed by atoms with Crippen molar-refractivity contribution >= 4 is 5.91 Å². The van der Waals surface area contributed by atoms with E-state index in [1.54, 1.807) is 0 Å². The molecule has 0 heterocycles. The molecule has 102 valence electrons. The van der Waals surface area contributed by atoms with Crippen LogP contribution in [0.1, 0.15) is 39.5 Å². The van der Waals surface area contributed by atoms with E-state index in [9.17, 15) is 9.18 Å². The third-order valence-electron chi connectivity index (χ3n) is 3.79. The molecule has 0 aliphatic heterocycles. The molecule has 0 saturated heterocycles. The zero-order valence-electron chi connectivity index (χ0n) is 11.3. The first-order valence-corrected chi connectivity index (χ1v) is 6.79. The third-order valence-corrected chi connectivity index (χ3v) is 3.79. The molecular formula is C17H16FNO. The predicted molar refractivity (Wildman–Crippen MR) is 76.1 cm³/mol. The first-order chi connectivity index (χ1) is 9.63. The standard InChI is InChI=1S/C17H16FNO/c1-11-2-8-15-13(10-11)5-9-16(15)19-17(20)12-3-6-14(18)7-4-12/h2-4,6-8,10,16H,5,9H2,1H3,(H,19,20)/t16-/m1/s1. The van der Waals surface area contributed by atoms with Crippen LogP contribution in [0.2, 0.25) is 0 Å². The highest BCUT2D eigenvalue weighted by molar-refractivity contribution is 5.94. The van der Waals surface area contributed by atoms with Crippen molar-refractivity contribution in [1.29, 1.82) is 0 Å². The van der Waals surface area contributed by atoms with E-state index in [0.29, 0.717) is 5.56 Å². The second kappa shape index (κ2) is 5.08. The highest BCUT2D eigenvalue weighted by atomic mass is 19.1. The second-order valence-electron chi connectivity index (χ2n) is 5.27. The number of hydrogen-bond donors (Lipinski definition) is 1. The Morgan fingerprint density at radius 2 is 1.95 bits per heavy atom. The van der Waals surface area contributed by atoms with Crippen molar-refractivity contribution in [3.8, 4) is 0 Å². The summed E-state index contributed by atoms with van der Waals surface area (Å²) in [6, 6.07) is 12.0. The fraction of sp³-hybridized carbons (Fsp3) is 0.235. The van der Waals surface area contributed by atoms with Crippen molar-refractivity contribution in [3.05, 3.63) is 70.5 Å². The molecular weight excluding hydrogens is 253 g/mol. The van der Waals surface area contributed by atoms with Gasteiger partial charge in [0.05, 0.1) is 6.04 Å². The van der Waals surface area contributed by atoms with Crippen molar-refractivity contribution in [2.45, 2.75) is 25.8 Å². The first kappa shape index (κ1) is 12.9. The molecule has 0 spiro atoms. The Labute approximate surface area is 117 Å². The van der Waals surface area contributed by atoms with Crippen LogP contribution in [0.4, 0.5) is 4.39 Å². The van der Waals surface area contributed by atoms with Crippen molar-refractivity contribution in [1.82, 2.24) is 5.32 Å². The Balaban J connectivity index is 1.77. The van der Waals surface area contributed by atoms with E-state index in [4.69, 9.17) is 0 Å². The summed E-state index contributed by atoms with van der Waals surface area (Å²) in [5, 5.41) is 3.03. The molecule has 3 rings (SSSR count). The topological polar surface area (TPSA) is 29.1 Å². The number of halogens is 1. The maximum Gasteiger partial charge on any atom is 0.251 e. The Bertz CT molecular complexity index is 649. The second-order valence-corrected chi connectivity index (χ2v) is 5.27. The number of rotatable bonds is 2. The summed E-state index contributed by atoms with van der Waals surface area (Å²) in [4.78, 5) is 12.2. The molecule has 0 saturated carbocycles. The van der Waals surface area contributed by atoms with Gasteiger partial charge in [0.1, 0.15) is 5.82 Å². The number of hydrogen-bond acceptors (Lipinski definition) is 1. The molecule has 2 aromatic carbocycles. The van der Waals surface area contributed by atoms with Crippen LogP contribution in [0, 0.1) is 12.7 Å². The van der Waals surface area contributed by atoms with E-state index in [-0.39, 0.29) is 17.8 Å². The molecule has 1 aliphatic carbocycles. The van der Waals surface area contributed by atoms with Gasteiger partial charge < -0.3 is 5.32 Å². The molecule has 1 atom stereocenters. The van der Waals surface area contributed by atoms with Crippen molar-refractivity contribution in [3.63, 3.8) is 0 Å². The van der Waals surface area contributed by atoms with Crippen LogP contribution in [0.5, 0.6) is 0 Å². The lowest BCUT2D eigenvalue weighted by Crippen LogP contribution is -2.27. The van der Waals surface area contributed by atoms with Gasteiger partial charge in [-0.1, -0.05) is 23.8 Å². The molecule has 0 fully saturated rings. The van der Waals surface area contributed by atoms with Gasteiger partial charge in [0, 0.05) is 5.56 Å². The Morgan fingerprint density at radius 1 is 1.20 bits per heavy atom. The quantitative estimate of drug-likeness (QED) is 0.887. The molecule has 1 amide bonds. The maximum atomic E-state index is 12.9. The van der Waals surface area contributed by atoms with Gasteiger partial charge in [-0.3, -0.25) is 4.79 Å². The minimum absolute atomic E-state index is 0.0585. The van der Waals surface area contributed by atoms with Crippen molar-refractivity contribution < 1.29 is 9.18 Å². The van der Waals surface area contributed by atoms with E-state index >= 15 is 0 Å². The molecule has 2 nitrogen and oxygen atoms in total. The Morgan fingerprint density at radius 3 is 2.70 bits per heavy atom. The summed E-state index contributed by atoms with van der Waals surface area (Å²) in [6.45, 7) is 2.07. The van der Waals surface area contributed by atoms with Crippen LogP contribution >= 0.6 is 0 Å². The SMILES string of the molecule is Cc1ccc2c(c1)CC[C@H]2NC(=O)c1ccc(F)cc1. The molecule has 0 radical (unpaired) electrons. The predicted octanol–water partition coefficient (Wildman–Crippen LogP) is 3.55. The summed E-state index contributed by atoms with van der Waals surface area (Å²) in [5.74, 6) is -0.480. The Kier molecular flexibility index (Phi) is 3.26. The molecule has 0 unspecified atom stereocenters. The van der Waals surface area contributed by atoms with Gasteiger partial charge in [-0.2, -0.15) is 0 Å². The average Bonchev–Trinajstić information content (AvgIpc) is 2.81.